The van der Waals surface area contributed by atoms with E-state index in [9.17, 15) is 14.9 Å². The Hall–Kier alpha value is -1.91. The highest BCUT2D eigenvalue weighted by Crippen LogP contribution is 2.47. The van der Waals surface area contributed by atoms with Gasteiger partial charge in [0.05, 0.1) is 10.6 Å². The van der Waals surface area contributed by atoms with Crippen molar-refractivity contribution >= 4 is 17.3 Å². The van der Waals surface area contributed by atoms with E-state index in [2.05, 4.69) is 5.32 Å². The number of hydrogen-bond donors (Lipinski definition) is 1. The predicted molar refractivity (Wildman–Crippen MR) is 57.2 cm³/mol. The lowest BCUT2D eigenvalue weighted by Gasteiger charge is -2.30. The van der Waals surface area contributed by atoms with E-state index in [1.165, 1.54) is 12.1 Å². The molecule has 82 valence electrons. The molecule has 0 spiro atoms. The third-order valence-corrected chi connectivity index (χ3v) is 3.45. The molecule has 3 aliphatic rings. The summed E-state index contributed by atoms with van der Waals surface area (Å²) in [5.41, 5.74) is 1.68. The van der Waals surface area contributed by atoms with Gasteiger partial charge in [0, 0.05) is 18.1 Å². The molecule has 2 bridgehead atoms. The topological polar surface area (TPSA) is 72.2 Å². The number of rotatable bonds is 1. The minimum Gasteiger partial charge on any atom is -0.325 e. The number of nitrogens with one attached hydrogen (secondary N) is 1. The Morgan fingerprint density at radius 2 is 2.06 bits per heavy atom. The molecule has 2 aliphatic heterocycles. The van der Waals surface area contributed by atoms with Crippen molar-refractivity contribution in [1.29, 1.82) is 0 Å². The van der Waals surface area contributed by atoms with Gasteiger partial charge in [-0.2, -0.15) is 0 Å². The molecule has 2 heterocycles. The van der Waals surface area contributed by atoms with Crippen LogP contribution in [0.15, 0.2) is 18.2 Å². The minimum atomic E-state index is -0.443. The van der Waals surface area contributed by atoms with Crippen molar-refractivity contribution in [2.24, 2.45) is 5.92 Å². The molecule has 0 atom stereocenters. The molecule has 1 aromatic carbocycles. The van der Waals surface area contributed by atoms with Gasteiger partial charge in [0.25, 0.3) is 5.69 Å². The number of anilines is 1. The summed E-state index contributed by atoms with van der Waals surface area (Å²) in [5, 5.41) is 13.4. The second-order valence-corrected chi connectivity index (χ2v) is 4.38. The van der Waals surface area contributed by atoms with Crippen LogP contribution in [0.1, 0.15) is 24.3 Å². The van der Waals surface area contributed by atoms with Gasteiger partial charge in [0.2, 0.25) is 5.91 Å². The van der Waals surface area contributed by atoms with Crippen molar-refractivity contribution in [2.75, 3.05) is 5.32 Å². The Labute approximate surface area is 91.6 Å². The van der Waals surface area contributed by atoms with E-state index in [1.54, 1.807) is 6.07 Å². The van der Waals surface area contributed by atoms with Crippen LogP contribution in [-0.4, -0.2) is 10.8 Å². The summed E-state index contributed by atoms with van der Waals surface area (Å²) in [6.45, 7) is 0. The molecule has 1 saturated carbocycles. The minimum absolute atomic E-state index is 0.00417. The Kier molecular flexibility index (Phi) is 1.77. The van der Waals surface area contributed by atoms with Crippen LogP contribution >= 0.6 is 0 Å². The van der Waals surface area contributed by atoms with E-state index in [-0.39, 0.29) is 17.5 Å². The van der Waals surface area contributed by atoms with Crippen molar-refractivity contribution in [2.45, 2.75) is 18.8 Å². The normalized spacial score (nSPS) is 26.1. The van der Waals surface area contributed by atoms with E-state index < -0.39 is 4.92 Å². The molecule has 1 aliphatic carbocycles. The summed E-state index contributed by atoms with van der Waals surface area (Å²) in [5.74, 6) is 0.478. The van der Waals surface area contributed by atoms with Gasteiger partial charge in [-0.15, -0.1) is 0 Å². The fraction of sp³-hybridized carbons (Fsp3) is 0.364. The molecule has 0 radical (unpaired) electrons. The summed E-state index contributed by atoms with van der Waals surface area (Å²) in [7, 11) is 0. The third kappa shape index (κ3) is 1.21. The van der Waals surface area contributed by atoms with Gasteiger partial charge >= 0.3 is 0 Å². The van der Waals surface area contributed by atoms with E-state index >= 15 is 0 Å². The van der Waals surface area contributed by atoms with E-state index in [1.807, 2.05) is 0 Å². The van der Waals surface area contributed by atoms with Crippen LogP contribution in [0.5, 0.6) is 0 Å². The number of carbonyl (C=O) groups is 1. The highest BCUT2D eigenvalue weighted by atomic mass is 16.6. The van der Waals surface area contributed by atoms with Crippen LogP contribution < -0.4 is 5.32 Å². The van der Waals surface area contributed by atoms with Gasteiger partial charge in [0.15, 0.2) is 0 Å². The zero-order valence-corrected chi connectivity index (χ0v) is 8.47. The quantitative estimate of drug-likeness (QED) is 0.579. The van der Waals surface area contributed by atoms with Gasteiger partial charge in [0.1, 0.15) is 0 Å². The average molecular weight is 218 g/mol. The Balaban J connectivity index is 2.08. The van der Waals surface area contributed by atoms with Gasteiger partial charge in [-0.3, -0.25) is 14.9 Å². The third-order valence-electron chi connectivity index (χ3n) is 3.45. The Morgan fingerprint density at radius 3 is 2.75 bits per heavy atom. The predicted octanol–water partition coefficient (Wildman–Crippen LogP) is 2.04. The summed E-state index contributed by atoms with van der Waals surface area (Å²) in [6, 6.07) is 4.72. The molecule has 0 unspecified atom stereocenters. The van der Waals surface area contributed by atoms with Crippen LogP contribution in [0.2, 0.25) is 0 Å². The fourth-order valence-corrected chi connectivity index (χ4v) is 2.44. The second-order valence-electron chi connectivity index (χ2n) is 4.38. The van der Waals surface area contributed by atoms with Crippen molar-refractivity contribution in [3.05, 3.63) is 33.9 Å². The number of hydrogen-bond acceptors (Lipinski definition) is 3. The molecule has 5 heteroatoms. The maximum Gasteiger partial charge on any atom is 0.271 e. The number of nitro benzene ring substituents is 1. The monoisotopic (exact) mass is 218 g/mol. The number of nitro groups is 1. The van der Waals surface area contributed by atoms with Gasteiger partial charge < -0.3 is 5.32 Å². The largest absolute Gasteiger partial charge is 0.325 e. The van der Waals surface area contributed by atoms with Crippen LogP contribution in [-0.2, 0) is 4.79 Å². The number of amides is 1. The zero-order valence-electron chi connectivity index (χ0n) is 8.47. The van der Waals surface area contributed by atoms with Crippen LogP contribution in [0.4, 0.5) is 11.4 Å². The van der Waals surface area contributed by atoms with Crippen molar-refractivity contribution in [3.8, 4) is 0 Å². The number of non-ortho nitro benzene ring substituents is 1. The first kappa shape index (κ1) is 9.33. The molecule has 1 N–H and O–H groups in total. The smallest absolute Gasteiger partial charge is 0.271 e. The van der Waals surface area contributed by atoms with Gasteiger partial charge in [-0.05, 0) is 30.4 Å². The Morgan fingerprint density at radius 1 is 1.31 bits per heavy atom. The molecule has 0 aromatic heterocycles. The highest BCUT2D eigenvalue weighted by Gasteiger charge is 2.40. The SMILES string of the molecule is O=C1Nc2cc([N+](=O)[O-])ccc2C2CC1C2. The summed E-state index contributed by atoms with van der Waals surface area (Å²) in [6.07, 6.45) is 1.74. The lowest BCUT2D eigenvalue weighted by molar-refractivity contribution is -0.384. The number of fused-ring (bicyclic) bond motifs is 1. The van der Waals surface area contributed by atoms with Crippen LogP contribution in [0.3, 0.4) is 0 Å². The highest BCUT2D eigenvalue weighted by molar-refractivity contribution is 5.96. The van der Waals surface area contributed by atoms with Crippen molar-refractivity contribution in [3.63, 3.8) is 0 Å². The molecule has 1 fully saturated rings. The second kappa shape index (κ2) is 3.04. The van der Waals surface area contributed by atoms with Gasteiger partial charge in [-0.25, -0.2) is 0 Å². The van der Waals surface area contributed by atoms with E-state index in [0.29, 0.717) is 11.6 Å². The zero-order chi connectivity index (χ0) is 11.3. The lowest BCUT2D eigenvalue weighted by Crippen LogP contribution is -2.29. The average Bonchev–Trinajstić information content (AvgIpc) is 2.38. The summed E-state index contributed by atoms with van der Waals surface area (Å²) in [4.78, 5) is 21.8. The summed E-state index contributed by atoms with van der Waals surface area (Å²) >= 11 is 0. The first-order valence-electron chi connectivity index (χ1n) is 5.24. The number of benzene rings is 1. The first-order valence-corrected chi connectivity index (χ1v) is 5.24. The molecule has 1 aromatic rings. The first-order chi connectivity index (χ1) is 7.65. The van der Waals surface area contributed by atoms with Gasteiger partial charge in [-0.1, -0.05) is 0 Å². The fourth-order valence-electron chi connectivity index (χ4n) is 2.44. The Bertz CT molecular complexity index is 492. The maximum atomic E-state index is 11.6. The van der Waals surface area contributed by atoms with Crippen LogP contribution in [0, 0.1) is 16.0 Å². The maximum absolute atomic E-state index is 11.6. The van der Waals surface area contributed by atoms with Crippen molar-refractivity contribution in [1.82, 2.24) is 0 Å². The van der Waals surface area contributed by atoms with Crippen molar-refractivity contribution < 1.29 is 9.72 Å². The molecule has 16 heavy (non-hydrogen) atoms. The molecular weight excluding hydrogens is 208 g/mol. The van der Waals surface area contributed by atoms with E-state index in [0.717, 1.165) is 18.4 Å². The molecule has 4 rings (SSSR count). The van der Waals surface area contributed by atoms with E-state index in [4.69, 9.17) is 0 Å². The number of carbonyl (C=O) groups excluding carboxylic acids is 1. The van der Waals surface area contributed by atoms with Crippen LogP contribution in [0.25, 0.3) is 0 Å². The molecule has 5 nitrogen and oxygen atoms in total. The molecule has 1 amide bonds. The molecule has 0 saturated heterocycles. The molecular formula is C11H10N2O3. The number of nitrogens with zero attached hydrogens (tertiary/aromatic N) is 1. The standard InChI is InChI=1S/C11H10N2O3/c14-11-7-3-6(4-7)9-2-1-8(13(15)16)5-10(9)12-11/h1-2,5-7H,3-4H2,(H,12,14). The lowest BCUT2D eigenvalue weighted by atomic mass is 9.72. The summed E-state index contributed by atoms with van der Waals surface area (Å²) < 4.78 is 0.